The molecule has 150 valence electrons. The maximum atomic E-state index is 5.95. The van der Waals surface area contributed by atoms with E-state index in [0.717, 1.165) is 30.1 Å². The van der Waals surface area contributed by atoms with Gasteiger partial charge in [0.2, 0.25) is 0 Å². The topological polar surface area (TPSA) is 61.3 Å². The molecule has 1 aromatic carbocycles. The lowest BCUT2D eigenvalue weighted by Gasteiger charge is -2.28. The molecule has 2 aliphatic rings. The van der Waals surface area contributed by atoms with Crippen molar-refractivity contribution in [1.29, 1.82) is 0 Å². The van der Waals surface area contributed by atoms with Crippen molar-refractivity contribution >= 4 is 11.4 Å². The molecule has 0 heterocycles. The van der Waals surface area contributed by atoms with Crippen LogP contribution in [-0.4, -0.2) is 6.61 Å². The number of rotatable bonds is 7. The van der Waals surface area contributed by atoms with Crippen LogP contribution in [-0.2, 0) is 0 Å². The first kappa shape index (κ1) is 20.1. The molecule has 2 saturated carbocycles. The average molecular weight is 371 g/mol. The van der Waals surface area contributed by atoms with Gasteiger partial charge in [-0.05, 0) is 81.1 Å². The van der Waals surface area contributed by atoms with Crippen LogP contribution >= 0.6 is 0 Å². The molecule has 2 aliphatic carbocycles. The van der Waals surface area contributed by atoms with Crippen molar-refractivity contribution in [2.45, 2.75) is 71.1 Å². The minimum Gasteiger partial charge on any atom is -0.493 e. The highest BCUT2D eigenvalue weighted by molar-refractivity contribution is 5.56. The van der Waals surface area contributed by atoms with Crippen molar-refractivity contribution < 1.29 is 4.74 Å². The van der Waals surface area contributed by atoms with Gasteiger partial charge in [0.25, 0.3) is 0 Å². The van der Waals surface area contributed by atoms with E-state index >= 15 is 0 Å². The van der Waals surface area contributed by atoms with E-state index in [2.05, 4.69) is 19.1 Å². The number of nitrogens with two attached hydrogens (primary N) is 2. The summed E-state index contributed by atoms with van der Waals surface area (Å²) in [4.78, 5) is 0. The maximum Gasteiger partial charge on any atom is 0.123 e. The third kappa shape index (κ3) is 6.48. The molecule has 1 aromatic rings. The number of hydrogen-bond donors (Lipinski definition) is 2. The summed E-state index contributed by atoms with van der Waals surface area (Å²) in [6, 6.07) is 5.49. The van der Waals surface area contributed by atoms with Crippen molar-refractivity contribution in [3.05, 3.63) is 30.4 Å². The van der Waals surface area contributed by atoms with E-state index in [1.54, 1.807) is 6.07 Å². The van der Waals surface area contributed by atoms with E-state index < -0.39 is 0 Å². The third-order valence-corrected chi connectivity index (χ3v) is 6.57. The second-order valence-corrected chi connectivity index (χ2v) is 8.88. The van der Waals surface area contributed by atoms with Gasteiger partial charge in [-0.25, -0.2) is 0 Å². The molecule has 3 nitrogen and oxygen atoms in total. The van der Waals surface area contributed by atoms with E-state index in [1.165, 1.54) is 64.2 Å². The lowest BCUT2D eigenvalue weighted by molar-refractivity contribution is 0.194. The van der Waals surface area contributed by atoms with E-state index in [0.29, 0.717) is 17.3 Å². The first-order chi connectivity index (χ1) is 13.1. The Hall–Kier alpha value is -1.64. The Morgan fingerprint density at radius 2 is 1.33 bits per heavy atom. The van der Waals surface area contributed by atoms with Gasteiger partial charge >= 0.3 is 0 Å². The van der Waals surface area contributed by atoms with E-state index in [-0.39, 0.29) is 0 Å². The Bertz CT molecular complexity index is 576. The van der Waals surface area contributed by atoms with Gasteiger partial charge in [-0.2, -0.15) is 0 Å². The number of anilines is 2. The van der Waals surface area contributed by atoms with Gasteiger partial charge < -0.3 is 16.2 Å². The standard InChI is InChI=1S/C24H38N2O/c1-2-3-18-4-6-19(7-5-18)8-9-20-10-12-21(13-11-20)17-27-24-15-22(25)14-23(26)16-24/h8-9,14-16,18-21H,2-7,10-13,17,25-26H2,1H3. The zero-order valence-electron chi connectivity index (χ0n) is 17.0. The second-order valence-electron chi connectivity index (χ2n) is 8.88. The largest absolute Gasteiger partial charge is 0.493 e. The highest BCUT2D eigenvalue weighted by Crippen LogP contribution is 2.34. The van der Waals surface area contributed by atoms with Crippen LogP contribution in [0.25, 0.3) is 0 Å². The van der Waals surface area contributed by atoms with Crippen molar-refractivity contribution in [2.24, 2.45) is 23.7 Å². The van der Waals surface area contributed by atoms with Crippen molar-refractivity contribution in [3.8, 4) is 5.75 Å². The van der Waals surface area contributed by atoms with Gasteiger partial charge in [0.15, 0.2) is 0 Å². The van der Waals surface area contributed by atoms with Crippen LogP contribution in [0.3, 0.4) is 0 Å². The highest BCUT2D eigenvalue weighted by Gasteiger charge is 2.22. The van der Waals surface area contributed by atoms with Gasteiger partial charge in [-0.15, -0.1) is 0 Å². The Morgan fingerprint density at radius 1 is 0.815 bits per heavy atom. The number of benzene rings is 1. The monoisotopic (exact) mass is 370 g/mol. The zero-order chi connectivity index (χ0) is 19.1. The summed E-state index contributed by atoms with van der Waals surface area (Å²) >= 11 is 0. The summed E-state index contributed by atoms with van der Waals surface area (Å²) in [5.41, 5.74) is 13.0. The summed E-state index contributed by atoms with van der Waals surface area (Å²) in [5.74, 6) is 4.08. The molecular weight excluding hydrogens is 332 g/mol. The third-order valence-electron chi connectivity index (χ3n) is 6.57. The van der Waals surface area contributed by atoms with Crippen LogP contribution in [0.5, 0.6) is 5.75 Å². The molecule has 3 rings (SSSR count). The maximum absolute atomic E-state index is 5.95. The summed E-state index contributed by atoms with van der Waals surface area (Å²) in [7, 11) is 0. The molecule has 0 unspecified atom stereocenters. The highest BCUT2D eigenvalue weighted by atomic mass is 16.5. The fourth-order valence-corrected chi connectivity index (χ4v) is 4.88. The molecule has 0 saturated heterocycles. The van der Waals surface area contributed by atoms with Gasteiger partial charge in [0, 0.05) is 23.5 Å². The average Bonchev–Trinajstić information content (AvgIpc) is 2.66. The summed E-state index contributed by atoms with van der Waals surface area (Å²) in [5, 5.41) is 0. The predicted octanol–water partition coefficient (Wildman–Crippen LogP) is 6.20. The Kier molecular flexibility index (Phi) is 7.49. The number of hydrogen-bond acceptors (Lipinski definition) is 3. The minimum absolute atomic E-state index is 0.654. The minimum atomic E-state index is 0.654. The molecule has 0 aromatic heterocycles. The molecular formula is C24H38N2O. The number of allylic oxidation sites excluding steroid dienone is 2. The van der Waals surface area contributed by atoms with Crippen LogP contribution in [0.4, 0.5) is 11.4 Å². The van der Waals surface area contributed by atoms with Gasteiger partial charge in [-0.1, -0.05) is 31.9 Å². The summed E-state index contributed by atoms with van der Waals surface area (Å²) in [6.45, 7) is 3.10. The van der Waals surface area contributed by atoms with Gasteiger partial charge in [0.05, 0.1) is 6.61 Å². The first-order valence-corrected chi connectivity index (χ1v) is 11.1. The molecule has 0 bridgehead atoms. The molecule has 4 N–H and O–H groups in total. The van der Waals surface area contributed by atoms with Crippen LogP contribution in [0.1, 0.15) is 71.1 Å². The smallest absolute Gasteiger partial charge is 0.123 e. The lowest BCUT2D eigenvalue weighted by Crippen LogP contribution is -2.19. The van der Waals surface area contributed by atoms with Crippen molar-refractivity contribution in [1.82, 2.24) is 0 Å². The number of nitrogen functional groups attached to an aromatic ring is 2. The molecule has 0 amide bonds. The second kappa shape index (κ2) is 10.1. The molecule has 0 aliphatic heterocycles. The van der Waals surface area contributed by atoms with Crippen molar-refractivity contribution in [2.75, 3.05) is 18.1 Å². The number of ether oxygens (including phenoxy) is 1. The molecule has 3 heteroatoms. The van der Waals surface area contributed by atoms with E-state index in [9.17, 15) is 0 Å². The summed E-state index contributed by atoms with van der Waals surface area (Å²) < 4.78 is 5.95. The van der Waals surface area contributed by atoms with Crippen LogP contribution in [0.2, 0.25) is 0 Å². The normalized spacial score (nSPS) is 29.1. The van der Waals surface area contributed by atoms with Gasteiger partial charge in [0.1, 0.15) is 5.75 Å². The predicted molar refractivity (Wildman–Crippen MR) is 116 cm³/mol. The van der Waals surface area contributed by atoms with Crippen LogP contribution < -0.4 is 16.2 Å². The quantitative estimate of drug-likeness (QED) is 0.444. The Morgan fingerprint density at radius 3 is 1.85 bits per heavy atom. The van der Waals surface area contributed by atoms with Crippen molar-refractivity contribution in [3.63, 3.8) is 0 Å². The van der Waals surface area contributed by atoms with E-state index in [1.807, 2.05) is 12.1 Å². The molecule has 0 spiro atoms. The molecule has 27 heavy (non-hydrogen) atoms. The Balaban J connectivity index is 1.35. The van der Waals surface area contributed by atoms with Gasteiger partial charge in [-0.3, -0.25) is 0 Å². The molecule has 0 atom stereocenters. The fraction of sp³-hybridized carbons (Fsp3) is 0.667. The lowest BCUT2D eigenvalue weighted by atomic mass is 9.78. The fourth-order valence-electron chi connectivity index (χ4n) is 4.88. The zero-order valence-corrected chi connectivity index (χ0v) is 17.0. The van der Waals surface area contributed by atoms with Crippen LogP contribution in [0, 0.1) is 23.7 Å². The molecule has 0 radical (unpaired) electrons. The SMILES string of the molecule is CCCC1CCC(C=CC2CCC(COc3cc(N)cc(N)c3)CC2)CC1. The van der Waals surface area contributed by atoms with E-state index in [4.69, 9.17) is 16.2 Å². The first-order valence-electron chi connectivity index (χ1n) is 11.1. The Labute approximate surface area is 165 Å². The van der Waals surface area contributed by atoms with Crippen LogP contribution in [0.15, 0.2) is 30.4 Å². The molecule has 2 fully saturated rings. The summed E-state index contributed by atoms with van der Waals surface area (Å²) in [6.07, 6.45) is 18.7.